The van der Waals surface area contributed by atoms with Crippen LogP contribution in [0.3, 0.4) is 0 Å². The molecule has 1 heterocycles. The molecule has 7 heteroatoms. The van der Waals surface area contributed by atoms with Crippen molar-refractivity contribution in [3.05, 3.63) is 58.7 Å². The average Bonchev–Trinajstić information content (AvgIpc) is 2.70. The van der Waals surface area contributed by atoms with E-state index in [0.29, 0.717) is 31.5 Å². The summed E-state index contributed by atoms with van der Waals surface area (Å²) in [4.78, 5) is 24.3. The van der Waals surface area contributed by atoms with E-state index in [9.17, 15) is 18.0 Å². The monoisotopic (exact) mass is 428 g/mol. The van der Waals surface area contributed by atoms with Gasteiger partial charge in [0.25, 0.3) is 0 Å². The predicted octanol–water partition coefficient (Wildman–Crippen LogP) is 3.85. The van der Waals surface area contributed by atoms with Gasteiger partial charge in [-0.1, -0.05) is 29.8 Å². The first kappa shape index (κ1) is 22.2. The summed E-state index contributed by atoms with van der Waals surface area (Å²) < 4.78 is 27.2. The van der Waals surface area contributed by atoms with Gasteiger partial charge >= 0.3 is 0 Å². The van der Waals surface area contributed by atoms with E-state index in [1.807, 2.05) is 32.9 Å². The minimum absolute atomic E-state index is 0.0621. The second-order valence-electron chi connectivity index (χ2n) is 8.02. The molecule has 0 unspecified atom stereocenters. The Labute approximate surface area is 178 Å². The molecule has 1 amide bonds. The number of sulfonamides is 1. The van der Waals surface area contributed by atoms with E-state index in [-0.39, 0.29) is 22.5 Å². The Bertz CT molecular complexity index is 1040. The number of amides is 1. The first-order valence-electron chi connectivity index (χ1n) is 10.1. The van der Waals surface area contributed by atoms with E-state index in [1.165, 1.54) is 35.5 Å². The van der Waals surface area contributed by atoms with Crippen molar-refractivity contribution in [2.45, 2.75) is 45.4 Å². The molecule has 1 aliphatic heterocycles. The molecule has 0 saturated carbocycles. The Kier molecular flexibility index (Phi) is 6.43. The smallest absolute Gasteiger partial charge is 0.243 e. The van der Waals surface area contributed by atoms with Crippen LogP contribution in [0, 0.1) is 26.7 Å². The highest BCUT2D eigenvalue weighted by atomic mass is 32.2. The van der Waals surface area contributed by atoms with Crippen LogP contribution in [-0.2, 0) is 14.8 Å². The number of hydrogen-bond donors (Lipinski definition) is 1. The highest BCUT2D eigenvalue weighted by molar-refractivity contribution is 7.89. The molecule has 1 saturated heterocycles. The topological polar surface area (TPSA) is 83.6 Å². The maximum Gasteiger partial charge on any atom is 0.243 e. The summed E-state index contributed by atoms with van der Waals surface area (Å²) in [5, 5.41) is 3.04. The van der Waals surface area contributed by atoms with Crippen molar-refractivity contribution in [1.82, 2.24) is 4.31 Å². The van der Waals surface area contributed by atoms with E-state index in [4.69, 9.17) is 0 Å². The van der Waals surface area contributed by atoms with Crippen molar-refractivity contribution < 1.29 is 18.0 Å². The summed E-state index contributed by atoms with van der Waals surface area (Å²) in [7, 11) is -3.64. The minimum atomic E-state index is -3.64. The van der Waals surface area contributed by atoms with Crippen LogP contribution in [-0.4, -0.2) is 37.5 Å². The Balaban J connectivity index is 1.65. The zero-order valence-electron chi connectivity index (χ0n) is 17.9. The Morgan fingerprint density at radius 1 is 0.967 bits per heavy atom. The van der Waals surface area contributed by atoms with Gasteiger partial charge < -0.3 is 5.32 Å². The average molecular weight is 429 g/mol. The molecule has 0 spiro atoms. The number of nitrogens with zero attached hydrogens (tertiary/aromatic N) is 1. The molecule has 0 radical (unpaired) electrons. The Morgan fingerprint density at radius 2 is 1.50 bits per heavy atom. The summed E-state index contributed by atoms with van der Waals surface area (Å²) >= 11 is 0. The van der Waals surface area contributed by atoms with E-state index in [0.717, 1.165) is 22.4 Å². The number of ketones is 1. The number of carbonyl (C=O) groups is 2. The van der Waals surface area contributed by atoms with Gasteiger partial charge in [0, 0.05) is 30.3 Å². The van der Waals surface area contributed by atoms with Crippen LogP contribution >= 0.6 is 0 Å². The number of benzene rings is 2. The molecule has 160 valence electrons. The second-order valence-corrected chi connectivity index (χ2v) is 9.96. The highest BCUT2D eigenvalue weighted by Crippen LogP contribution is 2.27. The summed E-state index contributed by atoms with van der Waals surface area (Å²) in [5.74, 6) is -0.394. The van der Waals surface area contributed by atoms with Gasteiger partial charge in [0.05, 0.1) is 4.90 Å². The number of anilines is 1. The predicted molar refractivity (Wildman–Crippen MR) is 117 cm³/mol. The van der Waals surface area contributed by atoms with Gasteiger partial charge in [-0.2, -0.15) is 4.31 Å². The molecule has 6 nitrogen and oxygen atoms in total. The third-order valence-electron chi connectivity index (χ3n) is 5.65. The van der Waals surface area contributed by atoms with Crippen molar-refractivity contribution in [1.29, 1.82) is 0 Å². The maximum absolute atomic E-state index is 12.9. The SMILES string of the molecule is CC(=O)c1ccc(S(=O)(=O)N2CCC(C(=O)Nc3c(C)cc(C)cc3C)CC2)cc1. The molecule has 0 aliphatic carbocycles. The first-order valence-corrected chi connectivity index (χ1v) is 11.5. The lowest BCUT2D eigenvalue weighted by molar-refractivity contribution is -0.120. The van der Waals surface area contributed by atoms with Crippen molar-refractivity contribution in [2.24, 2.45) is 5.92 Å². The van der Waals surface area contributed by atoms with E-state index in [2.05, 4.69) is 5.32 Å². The van der Waals surface area contributed by atoms with Gasteiger partial charge in [-0.05, 0) is 63.8 Å². The number of aryl methyl sites for hydroxylation is 3. The lowest BCUT2D eigenvalue weighted by Gasteiger charge is -2.30. The third-order valence-corrected chi connectivity index (χ3v) is 7.56. The summed E-state index contributed by atoms with van der Waals surface area (Å²) in [6, 6.07) is 10.1. The first-order chi connectivity index (χ1) is 14.1. The van der Waals surface area contributed by atoms with Crippen LogP contribution in [0.15, 0.2) is 41.3 Å². The molecule has 0 bridgehead atoms. The molecule has 0 aromatic heterocycles. The number of nitrogens with one attached hydrogen (secondary N) is 1. The van der Waals surface area contributed by atoms with E-state index in [1.54, 1.807) is 0 Å². The minimum Gasteiger partial charge on any atom is -0.325 e. The molecule has 1 fully saturated rings. The molecule has 30 heavy (non-hydrogen) atoms. The van der Waals surface area contributed by atoms with Gasteiger partial charge in [-0.15, -0.1) is 0 Å². The number of Topliss-reactive ketones (excluding diaryl/α,β-unsaturated/α-hetero) is 1. The van der Waals surface area contributed by atoms with Crippen LogP contribution in [0.5, 0.6) is 0 Å². The molecule has 2 aromatic carbocycles. The lowest BCUT2D eigenvalue weighted by atomic mass is 9.96. The summed E-state index contributed by atoms with van der Waals surface area (Å²) in [6.45, 7) is 8.00. The number of rotatable bonds is 5. The van der Waals surface area contributed by atoms with Gasteiger partial charge in [0.1, 0.15) is 0 Å². The van der Waals surface area contributed by atoms with Crippen molar-refractivity contribution in [2.75, 3.05) is 18.4 Å². The standard InChI is InChI=1S/C23H28N2O4S/c1-15-13-16(2)22(17(3)14-15)24-23(27)20-9-11-25(12-10-20)30(28,29)21-7-5-19(6-8-21)18(4)26/h5-8,13-14,20H,9-12H2,1-4H3,(H,24,27). The van der Waals surface area contributed by atoms with Crippen LogP contribution in [0.1, 0.15) is 46.8 Å². The molecule has 0 atom stereocenters. The maximum atomic E-state index is 12.9. The molecule has 1 aliphatic rings. The molecule has 3 rings (SSSR count). The Morgan fingerprint density at radius 3 is 2.00 bits per heavy atom. The van der Waals surface area contributed by atoms with E-state index >= 15 is 0 Å². The van der Waals surface area contributed by atoms with Crippen molar-refractivity contribution in [3.63, 3.8) is 0 Å². The largest absolute Gasteiger partial charge is 0.325 e. The zero-order chi connectivity index (χ0) is 22.1. The quantitative estimate of drug-likeness (QED) is 0.733. The van der Waals surface area contributed by atoms with Crippen LogP contribution < -0.4 is 5.32 Å². The van der Waals surface area contributed by atoms with Gasteiger partial charge in [0.15, 0.2) is 5.78 Å². The normalized spacial score (nSPS) is 15.7. The molecule has 1 N–H and O–H groups in total. The number of hydrogen-bond acceptors (Lipinski definition) is 4. The highest BCUT2D eigenvalue weighted by Gasteiger charge is 2.32. The second kappa shape index (κ2) is 8.70. The fraction of sp³-hybridized carbons (Fsp3) is 0.391. The fourth-order valence-electron chi connectivity index (χ4n) is 3.97. The molecular weight excluding hydrogens is 400 g/mol. The Hall–Kier alpha value is -2.51. The van der Waals surface area contributed by atoms with Gasteiger partial charge in [-0.25, -0.2) is 8.42 Å². The molecule has 2 aromatic rings. The fourth-order valence-corrected chi connectivity index (χ4v) is 5.44. The van der Waals surface area contributed by atoms with Gasteiger partial charge in [0.2, 0.25) is 15.9 Å². The number of piperidine rings is 1. The van der Waals surface area contributed by atoms with Crippen LogP contribution in [0.25, 0.3) is 0 Å². The summed E-state index contributed by atoms with van der Waals surface area (Å²) in [5.41, 5.74) is 4.51. The van der Waals surface area contributed by atoms with Crippen LogP contribution in [0.2, 0.25) is 0 Å². The van der Waals surface area contributed by atoms with Crippen LogP contribution in [0.4, 0.5) is 5.69 Å². The summed E-state index contributed by atoms with van der Waals surface area (Å²) in [6.07, 6.45) is 0.946. The van der Waals surface area contributed by atoms with Crippen molar-refractivity contribution >= 4 is 27.4 Å². The third kappa shape index (κ3) is 4.63. The van der Waals surface area contributed by atoms with Gasteiger partial charge in [-0.3, -0.25) is 9.59 Å². The van der Waals surface area contributed by atoms with Crippen molar-refractivity contribution in [3.8, 4) is 0 Å². The lowest BCUT2D eigenvalue weighted by Crippen LogP contribution is -2.41. The zero-order valence-corrected chi connectivity index (χ0v) is 18.7. The van der Waals surface area contributed by atoms with E-state index < -0.39 is 10.0 Å². The molecular formula is C23H28N2O4S. The number of carbonyl (C=O) groups excluding carboxylic acids is 2.